The first kappa shape index (κ1) is 14.6. The molecular formula is C16H20N4O2. The number of hydrogen-bond donors (Lipinski definition) is 1. The molecule has 116 valence electrons. The highest BCUT2D eigenvalue weighted by molar-refractivity contribution is 5.79. The van der Waals surface area contributed by atoms with Gasteiger partial charge < -0.3 is 14.7 Å². The van der Waals surface area contributed by atoms with Crippen molar-refractivity contribution in [3.05, 3.63) is 41.4 Å². The number of amides is 1. The van der Waals surface area contributed by atoms with Crippen molar-refractivity contribution >= 4 is 11.7 Å². The Hall–Kier alpha value is -2.37. The number of nitrogens with one attached hydrogen (secondary N) is 1. The van der Waals surface area contributed by atoms with Crippen molar-refractivity contribution in [1.82, 2.24) is 15.5 Å². The third-order valence-corrected chi connectivity index (χ3v) is 4.05. The van der Waals surface area contributed by atoms with Crippen molar-refractivity contribution in [1.29, 1.82) is 0 Å². The van der Waals surface area contributed by atoms with Crippen LogP contribution in [0, 0.1) is 13.8 Å². The number of hydrogen-bond acceptors (Lipinski definition) is 5. The highest BCUT2D eigenvalue weighted by Gasteiger charge is 2.25. The number of rotatable bonds is 4. The minimum atomic E-state index is 0.0160. The lowest BCUT2D eigenvalue weighted by Gasteiger charge is -2.17. The van der Waals surface area contributed by atoms with Crippen LogP contribution in [0.2, 0.25) is 0 Å². The van der Waals surface area contributed by atoms with Gasteiger partial charge in [-0.3, -0.25) is 4.79 Å². The maximum Gasteiger partial charge on any atom is 0.224 e. The first-order valence-electron chi connectivity index (χ1n) is 7.50. The molecule has 1 fully saturated rings. The van der Waals surface area contributed by atoms with Crippen LogP contribution in [0.3, 0.4) is 0 Å². The van der Waals surface area contributed by atoms with E-state index in [0.717, 1.165) is 36.6 Å². The Bertz CT molecular complexity index is 634. The molecule has 3 rings (SSSR count). The molecule has 0 aliphatic carbocycles. The molecule has 0 bridgehead atoms. The highest BCUT2D eigenvalue weighted by atomic mass is 16.5. The molecule has 0 aromatic carbocycles. The van der Waals surface area contributed by atoms with Crippen LogP contribution in [0.1, 0.15) is 23.4 Å². The number of carbonyl (C=O) groups is 1. The molecule has 1 saturated heterocycles. The van der Waals surface area contributed by atoms with E-state index in [4.69, 9.17) is 4.52 Å². The Labute approximate surface area is 129 Å². The van der Waals surface area contributed by atoms with Crippen LogP contribution in [-0.4, -0.2) is 35.2 Å². The maximum atomic E-state index is 12.2. The molecule has 2 aromatic rings. The number of nitrogens with zero attached hydrogens (tertiary/aromatic N) is 3. The second-order valence-electron chi connectivity index (χ2n) is 5.67. The molecule has 1 aliphatic heterocycles. The summed E-state index contributed by atoms with van der Waals surface area (Å²) in [5, 5.41) is 6.97. The second kappa shape index (κ2) is 6.17. The largest absolute Gasteiger partial charge is 0.361 e. The number of aromatic nitrogens is 2. The van der Waals surface area contributed by atoms with Crippen molar-refractivity contribution in [2.75, 3.05) is 18.0 Å². The summed E-state index contributed by atoms with van der Waals surface area (Å²) in [5.41, 5.74) is 1.67. The first-order valence-corrected chi connectivity index (χ1v) is 7.50. The van der Waals surface area contributed by atoms with Gasteiger partial charge in [-0.05, 0) is 32.4 Å². The Morgan fingerprint density at radius 2 is 2.32 bits per heavy atom. The number of anilines is 1. The van der Waals surface area contributed by atoms with E-state index in [2.05, 4.69) is 20.4 Å². The molecule has 0 radical (unpaired) electrons. The lowest BCUT2D eigenvalue weighted by molar-refractivity contribution is -0.121. The van der Waals surface area contributed by atoms with Gasteiger partial charge in [0.15, 0.2) is 0 Å². The zero-order chi connectivity index (χ0) is 15.5. The Kier molecular flexibility index (Phi) is 4.09. The molecule has 6 heteroatoms. The molecular weight excluding hydrogens is 280 g/mol. The summed E-state index contributed by atoms with van der Waals surface area (Å²) in [4.78, 5) is 18.7. The zero-order valence-corrected chi connectivity index (χ0v) is 12.9. The molecule has 3 heterocycles. The predicted molar refractivity (Wildman–Crippen MR) is 82.7 cm³/mol. The smallest absolute Gasteiger partial charge is 0.224 e. The summed E-state index contributed by atoms with van der Waals surface area (Å²) in [5.74, 6) is 1.70. The minimum Gasteiger partial charge on any atom is -0.361 e. The van der Waals surface area contributed by atoms with Crippen LogP contribution in [0.25, 0.3) is 0 Å². The summed E-state index contributed by atoms with van der Waals surface area (Å²) < 4.78 is 5.09. The van der Waals surface area contributed by atoms with E-state index in [0.29, 0.717) is 12.2 Å². The van der Waals surface area contributed by atoms with Gasteiger partial charge in [0, 0.05) is 30.9 Å². The second-order valence-corrected chi connectivity index (χ2v) is 5.67. The predicted octanol–water partition coefficient (Wildman–Crippen LogP) is 1.62. The van der Waals surface area contributed by atoms with Crippen LogP contribution in [0.4, 0.5) is 5.82 Å². The van der Waals surface area contributed by atoms with E-state index in [9.17, 15) is 4.79 Å². The van der Waals surface area contributed by atoms with Crippen LogP contribution in [0.15, 0.2) is 28.9 Å². The number of aryl methyl sites for hydroxylation is 2. The van der Waals surface area contributed by atoms with E-state index < -0.39 is 0 Å². The summed E-state index contributed by atoms with van der Waals surface area (Å²) in [6, 6.07) is 6.04. The Morgan fingerprint density at radius 3 is 3.00 bits per heavy atom. The van der Waals surface area contributed by atoms with Crippen LogP contribution in [0.5, 0.6) is 0 Å². The standard InChI is InChI=1S/C16H20N4O2/c1-11-14(12(2)22-19-11)9-16(21)18-13-6-8-20(10-13)15-5-3-4-7-17-15/h3-5,7,13H,6,8-10H2,1-2H3,(H,18,21). The fourth-order valence-corrected chi connectivity index (χ4v) is 2.82. The zero-order valence-electron chi connectivity index (χ0n) is 12.9. The quantitative estimate of drug-likeness (QED) is 0.929. The van der Waals surface area contributed by atoms with Gasteiger partial charge in [0.25, 0.3) is 0 Å². The first-order chi connectivity index (χ1) is 10.6. The van der Waals surface area contributed by atoms with Gasteiger partial charge in [-0.15, -0.1) is 0 Å². The molecule has 22 heavy (non-hydrogen) atoms. The minimum absolute atomic E-state index is 0.0160. The summed E-state index contributed by atoms with van der Waals surface area (Å²) in [7, 11) is 0. The molecule has 6 nitrogen and oxygen atoms in total. The van der Waals surface area contributed by atoms with Crippen LogP contribution < -0.4 is 10.2 Å². The summed E-state index contributed by atoms with van der Waals surface area (Å²) >= 11 is 0. The van der Waals surface area contributed by atoms with Crippen LogP contribution >= 0.6 is 0 Å². The van der Waals surface area contributed by atoms with Gasteiger partial charge in [-0.2, -0.15) is 0 Å². The molecule has 2 aromatic heterocycles. The van der Waals surface area contributed by atoms with Crippen molar-refractivity contribution < 1.29 is 9.32 Å². The number of pyridine rings is 1. The van der Waals surface area contributed by atoms with Gasteiger partial charge in [0.05, 0.1) is 12.1 Å². The van der Waals surface area contributed by atoms with Gasteiger partial charge in [0.1, 0.15) is 11.6 Å². The van der Waals surface area contributed by atoms with Gasteiger partial charge in [0.2, 0.25) is 5.91 Å². The monoisotopic (exact) mass is 300 g/mol. The fourth-order valence-electron chi connectivity index (χ4n) is 2.82. The molecule has 0 saturated carbocycles. The topological polar surface area (TPSA) is 71.3 Å². The van der Waals surface area contributed by atoms with Gasteiger partial charge in [-0.25, -0.2) is 4.98 Å². The Morgan fingerprint density at radius 1 is 1.45 bits per heavy atom. The van der Waals surface area contributed by atoms with E-state index in [1.807, 2.05) is 32.0 Å². The fraction of sp³-hybridized carbons (Fsp3) is 0.438. The third-order valence-electron chi connectivity index (χ3n) is 4.05. The SMILES string of the molecule is Cc1noc(C)c1CC(=O)NC1CCN(c2ccccn2)C1. The molecule has 1 amide bonds. The summed E-state index contributed by atoms with van der Waals surface area (Å²) in [6.07, 6.45) is 3.05. The third kappa shape index (κ3) is 3.10. The van der Waals surface area contributed by atoms with E-state index in [-0.39, 0.29) is 11.9 Å². The summed E-state index contributed by atoms with van der Waals surface area (Å²) in [6.45, 7) is 5.40. The van der Waals surface area contributed by atoms with E-state index in [1.54, 1.807) is 6.20 Å². The van der Waals surface area contributed by atoms with E-state index >= 15 is 0 Å². The highest BCUT2D eigenvalue weighted by Crippen LogP contribution is 2.18. The average molecular weight is 300 g/mol. The van der Waals surface area contributed by atoms with Gasteiger partial charge >= 0.3 is 0 Å². The molecule has 1 unspecified atom stereocenters. The maximum absolute atomic E-state index is 12.2. The molecule has 0 spiro atoms. The van der Waals surface area contributed by atoms with Crippen molar-refractivity contribution in [2.45, 2.75) is 32.7 Å². The molecule has 1 atom stereocenters. The van der Waals surface area contributed by atoms with Crippen LogP contribution in [-0.2, 0) is 11.2 Å². The lowest BCUT2D eigenvalue weighted by Crippen LogP contribution is -2.38. The normalized spacial score (nSPS) is 17.7. The lowest BCUT2D eigenvalue weighted by atomic mass is 10.1. The van der Waals surface area contributed by atoms with E-state index in [1.165, 1.54) is 0 Å². The van der Waals surface area contributed by atoms with Crippen molar-refractivity contribution in [3.8, 4) is 0 Å². The molecule has 1 N–H and O–H groups in total. The number of carbonyl (C=O) groups excluding carboxylic acids is 1. The Balaban J connectivity index is 1.55. The van der Waals surface area contributed by atoms with Crippen molar-refractivity contribution in [3.63, 3.8) is 0 Å². The average Bonchev–Trinajstić information content (AvgIpc) is 3.10. The van der Waals surface area contributed by atoms with Gasteiger partial charge in [-0.1, -0.05) is 11.2 Å². The molecule has 1 aliphatic rings. The van der Waals surface area contributed by atoms with Crippen molar-refractivity contribution in [2.24, 2.45) is 0 Å².